The predicted molar refractivity (Wildman–Crippen MR) is 88.4 cm³/mol. The van der Waals surface area contributed by atoms with Crippen LogP contribution in [-0.4, -0.2) is 11.8 Å². The molecule has 2 amide bonds. The van der Waals surface area contributed by atoms with Crippen molar-refractivity contribution in [2.75, 3.05) is 5.32 Å². The fourth-order valence-electron chi connectivity index (χ4n) is 1.87. The third-order valence-electron chi connectivity index (χ3n) is 3.15. The van der Waals surface area contributed by atoms with Gasteiger partial charge < -0.3 is 10.6 Å². The van der Waals surface area contributed by atoms with Gasteiger partial charge in [0, 0.05) is 11.6 Å². The van der Waals surface area contributed by atoms with Crippen molar-refractivity contribution in [2.45, 2.75) is 12.7 Å². The lowest BCUT2D eigenvalue weighted by atomic mass is 10.2. The minimum Gasteiger partial charge on any atom is -0.344 e. The predicted octanol–water partition coefficient (Wildman–Crippen LogP) is 4.27. The van der Waals surface area contributed by atoms with Crippen molar-refractivity contribution in [1.82, 2.24) is 5.32 Å². The first-order chi connectivity index (χ1) is 11.7. The van der Waals surface area contributed by atoms with Gasteiger partial charge in [-0.2, -0.15) is 13.2 Å². The molecule has 2 aromatic carbocycles. The molecule has 0 saturated carbocycles. The van der Waals surface area contributed by atoms with Gasteiger partial charge in [-0.3, -0.25) is 9.59 Å². The maximum Gasteiger partial charge on any atom is 0.416 e. The fraction of sp³-hybridized carbons (Fsp3) is 0.125. The Bertz CT molecular complexity index is 810. The smallest absolute Gasteiger partial charge is 0.344 e. The normalized spacial score (nSPS) is 11.1. The first-order valence-corrected chi connectivity index (χ1v) is 7.63. The second kappa shape index (κ2) is 7.76. The molecule has 0 aliphatic carbocycles. The van der Waals surface area contributed by atoms with E-state index >= 15 is 0 Å². The highest BCUT2D eigenvalue weighted by Gasteiger charge is 2.31. The fourth-order valence-corrected chi connectivity index (χ4v) is 2.24. The van der Waals surface area contributed by atoms with Crippen molar-refractivity contribution in [3.63, 3.8) is 0 Å². The molecule has 9 heteroatoms. The summed E-state index contributed by atoms with van der Waals surface area (Å²) in [6, 6.07) is 9.10. The summed E-state index contributed by atoms with van der Waals surface area (Å²) in [6.07, 6.45) is -4.60. The Hall–Kier alpha value is -2.25. The molecule has 0 radical (unpaired) electrons. The lowest BCUT2D eigenvalue weighted by molar-refractivity contribution is -0.137. The molecular weight excluding hydrogens is 380 g/mol. The Morgan fingerprint density at radius 2 is 1.64 bits per heavy atom. The van der Waals surface area contributed by atoms with Gasteiger partial charge in [0.1, 0.15) is 0 Å². The zero-order valence-corrected chi connectivity index (χ0v) is 14.0. The average Bonchev–Trinajstić information content (AvgIpc) is 2.54. The monoisotopic (exact) mass is 390 g/mol. The SMILES string of the molecule is O=C(NCc1ccccc1Cl)C(=O)Nc1cc(C(F)(F)F)ccc1Cl. The Labute approximate surface area is 150 Å². The second-order valence-electron chi connectivity index (χ2n) is 4.92. The number of alkyl halides is 3. The zero-order valence-electron chi connectivity index (χ0n) is 12.5. The van der Waals surface area contributed by atoms with E-state index in [0.717, 1.165) is 12.1 Å². The number of anilines is 1. The summed E-state index contributed by atoms with van der Waals surface area (Å²) in [5, 5.41) is 4.66. The Morgan fingerprint density at radius 3 is 2.28 bits per heavy atom. The summed E-state index contributed by atoms with van der Waals surface area (Å²) < 4.78 is 38.1. The number of carbonyl (C=O) groups excluding carboxylic acids is 2. The van der Waals surface area contributed by atoms with Crippen molar-refractivity contribution in [3.8, 4) is 0 Å². The highest BCUT2D eigenvalue weighted by molar-refractivity contribution is 6.41. The molecule has 0 spiro atoms. The highest BCUT2D eigenvalue weighted by atomic mass is 35.5. The first-order valence-electron chi connectivity index (χ1n) is 6.88. The number of nitrogens with one attached hydrogen (secondary N) is 2. The molecule has 0 saturated heterocycles. The molecule has 0 heterocycles. The van der Waals surface area contributed by atoms with Crippen LogP contribution in [0.15, 0.2) is 42.5 Å². The summed E-state index contributed by atoms with van der Waals surface area (Å²) in [4.78, 5) is 23.6. The van der Waals surface area contributed by atoms with Gasteiger partial charge in [0.15, 0.2) is 0 Å². The van der Waals surface area contributed by atoms with Crippen LogP contribution in [0.2, 0.25) is 10.0 Å². The van der Waals surface area contributed by atoms with Crippen molar-refractivity contribution in [2.24, 2.45) is 0 Å². The molecule has 2 aromatic rings. The molecule has 0 unspecified atom stereocenters. The number of hydrogen-bond acceptors (Lipinski definition) is 2. The van der Waals surface area contributed by atoms with Gasteiger partial charge in [-0.15, -0.1) is 0 Å². The van der Waals surface area contributed by atoms with Crippen LogP contribution in [0, 0.1) is 0 Å². The van der Waals surface area contributed by atoms with Gasteiger partial charge in [-0.05, 0) is 29.8 Å². The van der Waals surface area contributed by atoms with Gasteiger partial charge in [0.2, 0.25) is 0 Å². The molecule has 25 heavy (non-hydrogen) atoms. The van der Waals surface area contributed by atoms with Gasteiger partial charge >= 0.3 is 18.0 Å². The van der Waals surface area contributed by atoms with Crippen LogP contribution in [-0.2, 0) is 22.3 Å². The van der Waals surface area contributed by atoms with Crippen LogP contribution in [0.5, 0.6) is 0 Å². The average molecular weight is 391 g/mol. The number of amides is 2. The minimum absolute atomic E-state index is 0.0117. The van der Waals surface area contributed by atoms with Crippen molar-refractivity contribution >= 4 is 40.7 Å². The summed E-state index contributed by atoms with van der Waals surface area (Å²) in [7, 11) is 0. The van der Waals surface area contributed by atoms with E-state index in [1.165, 1.54) is 0 Å². The maximum absolute atomic E-state index is 12.7. The lowest BCUT2D eigenvalue weighted by Crippen LogP contribution is -2.35. The van der Waals surface area contributed by atoms with E-state index in [4.69, 9.17) is 23.2 Å². The summed E-state index contributed by atoms with van der Waals surface area (Å²) >= 11 is 11.7. The molecule has 2 N–H and O–H groups in total. The lowest BCUT2D eigenvalue weighted by Gasteiger charge is -2.12. The molecule has 4 nitrogen and oxygen atoms in total. The number of carbonyl (C=O) groups is 2. The standard InChI is InChI=1S/C16H11Cl2F3N2O2/c17-11-4-2-1-3-9(11)8-22-14(24)15(25)23-13-7-10(16(19,20)21)5-6-12(13)18/h1-7H,8H2,(H,22,24)(H,23,25). The van der Waals surface area contributed by atoms with Gasteiger partial charge in [0.25, 0.3) is 0 Å². The Kier molecular flexibility index (Phi) is 5.92. The Morgan fingerprint density at radius 1 is 0.960 bits per heavy atom. The van der Waals surface area contributed by atoms with Crippen LogP contribution in [0.1, 0.15) is 11.1 Å². The van der Waals surface area contributed by atoms with Crippen LogP contribution >= 0.6 is 23.2 Å². The van der Waals surface area contributed by atoms with Crippen molar-refractivity contribution in [1.29, 1.82) is 0 Å². The van der Waals surface area contributed by atoms with Crippen LogP contribution < -0.4 is 10.6 Å². The zero-order chi connectivity index (χ0) is 18.6. The van der Waals surface area contributed by atoms with Crippen LogP contribution in [0.3, 0.4) is 0 Å². The number of hydrogen-bond donors (Lipinski definition) is 2. The molecule has 0 fully saturated rings. The van der Waals surface area contributed by atoms with Crippen molar-refractivity contribution in [3.05, 3.63) is 63.6 Å². The molecule has 0 aliphatic rings. The van der Waals surface area contributed by atoms with E-state index in [1.54, 1.807) is 24.3 Å². The van der Waals surface area contributed by atoms with E-state index in [1.807, 2.05) is 0 Å². The van der Waals surface area contributed by atoms with E-state index in [0.29, 0.717) is 16.7 Å². The molecular formula is C16H11Cl2F3N2O2. The van der Waals surface area contributed by atoms with E-state index in [2.05, 4.69) is 10.6 Å². The molecule has 0 bridgehead atoms. The Balaban J connectivity index is 2.04. The van der Waals surface area contributed by atoms with E-state index < -0.39 is 23.6 Å². The van der Waals surface area contributed by atoms with E-state index in [-0.39, 0.29) is 17.3 Å². The molecule has 132 valence electrons. The van der Waals surface area contributed by atoms with Gasteiger partial charge in [-0.25, -0.2) is 0 Å². The van der Waals surface area contributed by atoms with E-state index in [9.17, 15) is 22.8 Å². The number of rotatable bonds is 3. The molecule has 0 atom stereocenters. The summed E-state index contributed by atoms with van der Waals surface area (Å²) in [5.41, 5.74) is -0.722. The number of halogens is 5. The second-order valence-corrected chi connectivity index (χ2v) is 5.73. The summed E-state index contributed by atoms with van der Waals surface area (Å²) in [5.74, 6) is -2.18. The van der Waals surface area contributed by atoms with Crippen molar-refractivity contribution < 1.29 is 22.8 Å². The molecule has 0 aromatic heterocycles. The third kappa shape index (κ3) is 5.11. The largest absolute Gasteiger partial charge is 0.416 e. The minimum atomic E-state index is -4.60. The third-order valence-corrected chi connectivity index (χ3v) is 3.84. The quantitative estimate of drug-likeness (QED) is 0.768. The summed E-state index contributed by atoms with van der Waals surface area (Å²) in [6.45, 7) is -0.0117. The van der Waals surface area contributed by atoms with Gasteiger partial charge in [0.05, 0.1) is 16.3 Å². The molecule has 0 aliphatic heterocycles. The number of benzene rings is 2. The van der Waals surface area contributed by atoms with Crippen LogP contribution in [0.25, 0.3) is 0 Å². The molecule has 2 rings (SSSR count). The van der Waals surface area contributed by atoms with Crippen LogP contribution in [0.4, 0.5) is 18.9 Å². The maximum atomic E-state index is 12.7. The van der Waals surface area contributed by atoms with Gasteiger partial charge in [-0.1, -0.05) is 41.4 Å². The topological polar surface area (TPSA) is 58.2 Å². The highest BCUT2D eigenvalue weighted by Crippen LogP contribution is 2.33. The first kappa shape index (κ1) is 19.1.